The summed E-state index contributed by atoms with van der Waals surface area (Å²) in [4.78, 5) is 2.42. The van der Waals surface area contributed by atoms with E-state index in [4.69, 9.17) is 10.00 Å². The van der Waals surface area contributed by atoms with E-state index in [1.54, 1.807) is 0 Å². The molecule has 0 aromatic carbocycles. The van der Waals surface area contributed by atoms with E-state index in [0.717, 1.165) is 32.7 Å². The average Bonchev–Trinajstić information content (AvgIpc) is 2.24. The van der Waals surface area contributed by atoms with Crippen LogP contribution < -0.4 is 5.32 Å². The summed E-state index contributed by atoms with van der Waals surface area (Å²) in [5.41, 5.74) is 0.0933. The van der Waals surface area contributed by atoms with Crippen LogP contribution in [0.4, 0.5) is 0 Å². The fourth-order valence-electron chi connectivity index (χ4n) is 2.18. The second-order valence-electron chi connectivity index (χ2n) is 5.64. The van der Waals surface area contributed by atoms with Gasteiger partial charge >= 0.3 is 0 Å². The zero-order valence-corrected chi connectivity index (χ0v) is 11.5. The molecule has 1 saturated heterocycles. The standard InChI is InChI=1S/C13H25N3O/c1-11(2)15-12(9-14)5-6-16-7-8-17-10-13(16,3)4/h11-12,15H,5-8,10H2,1-4H3. The van der Waals surface area contributed by atoms with E-state index in [9.17, 15) is 0 Å². The van der Waals surface area contributed by atoms with Crippen molar-refractivity contribution in [2.45, 2.75) is 51.7 Å². The number of rotatable bonds is 5. The second kappa shape index (κ2) is 6.34. The topological polar surface area (TPSA) is 48.3 Å². The highest BCUT2D eigenvalue weighted by molar-refractivity contribution is 4.93. The van der Waals surface area contributed by atoms with Crippen LogP contribution in [0.3, 0.4) is 0 Å². The third kappa shape index (κ3) is 4.63. The second-order valence-corrected chi connectivity index (χ2v) is 5.64. The molecule has 0 bridgehead atoms. The van der Waals surface area contributed by atoms with E-state index in [1.165, 1.54) is 0 Å². The highest BCUT2D eigenvalue weighted by Gasteiger charge is 2.30. The molecule has 0 aromatic rings. The van der Waals surface area contributed by atoms with Crippen molar-refractivity contribution in [3.05, 3.63) is 0 Å². The van der Waals surface area contributed by atoms with Crippen LogP contribution in [0.25, 0.3) is 0 Å². The predicted molar refractivity (Wildman–Crippen MR) is 68.8 cm³/mol. The molecule has 1 unspecified atom stereocenters. The molecule has 1 rings (SSSR count). The zero-order chi connectivity index (χ0) is 12.9. The van der Waals surface area contributed by atoms with Crippen LogP contribution in [0.15, 0.2) is 0 Å². The van der Waals surface area contributed by atoms with Crippen molar-refractivity contribution in [3.63, 3.8) is 0 Å². The van der Waals surface area contributed by atoms with Gasteiger partial charge in [-0.25, -0.2) is 0 Å². The van der Waals surface area contributed by atoms with Gasteiger partial charge in [0.05, 0.1) is 25.3 Å². The van der Waals surface area contributed by atoms with Crippen molar-refractivity contribution in [1.82, 2.24) is 10.2 Å². The van der Waals surface area contributed by atoms with Crippen molar-refractivity contribution in [2.24, 2.45) is 0 Å². The van der Waals surface area contributed by atoms with Crippen LogP contribution in [0.2, 0.25) is 0 Å². The van der Waals surface area contributed by atoms with Crippen LogP contribution in [-0.4, -0.2) is 48.8 Å². The number of nitrogens with zero attached hydrogens (tertiary/aromatic N) is 2. The fourth-order valence-corrected chi connectivity index (χ4v) is 2.18. The maximum atomic E-state index is 9.08. The van der Waals surface area contributed by atoms with Gasteiger partial charge in [-0.05, 0) is 34.1 Å². The van der Waals surface area contributed by atoms with E-state index < -0.39 is 0 Å². The monoisotopic (exact) mass is 239 g/mol. The van der Waals surface area contributed by atoms with E-state index in [1.807, 2.05) is 0 Å². The lowest BCUT2D eigenvalue weighted by Crippen LogP contribution is -2.54. The van der Waals surface area contributed by atoms with Gasteiger partial charge in [0.25, 0.3) is 0 Å². The molecule has 98 valence electrons. The molecule has 1 atom stereocenters. The summed E-state index contributed by atoms with van der Waals surface area (Å²) >= 11 is 0. The Morgan fingerprint density at radius 2 is 2.18 bits per heavy atom. The Morgan fingerprint density at radius 1 is 1.47 bits per heavy atom. The Balaban J connectivity index is 2.40. The minimum absolute atomic E-state index is 0.0476. The molecule has 0 amide bonds. The van der Waals surface area contributed by atoms with Gasteiger partial charge in [-0.3, -0.25) is 10.2 Å². The molecule has 17 heavy (non-hydrogen) atoms. The zero-order valence-electron chi connectivity index (χ0n) is 11.5. The molecule has 4 heteroatoms. The first-order valence-corrected chi connectivity index (χ1v) is 6.44. The van der Waals surface area contributed by atoms with Gasteiger partial charge in [0.2, 0.25) is 0 Å². The summed E-state index contributed by atoms with van der Waals surface area (Å²) in [5, 5.41) is 12.4. The first-order valence-electron chi connectivity index (χ1n) is 6.44. The predicted octanol–water partition coefficient (Wildman–Crippen LogP) is 1.38. The molecule has 1 heterocycles. The summed E-state index contributed by atoms with van der Waals surface area (Å²) in [6.45, 7) is 12.0. The van der Waals surface area contributed by atoms with Crippen LogP contribution in [0.5, 0.6) is 0 Å². The summed E-state index contributed by atoms with van der Waals surface area (Å²) in [6.07, 6.45) is 0.873. The summed E-state index contributed by atoms with van der Waals surface area (Å²) in [6, 6.07) is 2.64. The van der Waals surface area contributed by atoms with Gasteiger partial charge in [-0.1, -0.05) is 0 Å². The Morgan fingerprint density at radius 3 is 2.71 bits per heavy atom. The maximum Gasteiger partial charge on any atom is 0.0967 e. The summed E-state index contributed by atoms with van der Waals surface area (Å²) in [5.74, 6) is 0. The molecule has 0 spiro atoms. The molecule has 1 fully saturated rings. The fraction of sp³-hybridized carbons (Fsp3) is 0.923. The SMILES string of the molecule is CC(C)NC(C#N)CCN1CCOCC1(C)C. The Labute approximate surface area is 105 Å². The quantitative estimate of drug-likeness (QED) is 0.787. The smallest absolute Gasteiger partial charge is 0.0967 e. The van der Waals surface area contributed by atoms with Gasteiger partial charge < -0.3 is 4.74 Å². The molecule has 1 aliphatic heterocycles. The minimum Gasteiger partial charge on any atom is -0.378 e. The Kier molecular flexibility index (Phi) is 5.38. The van der Waals surface area contributed by atoms with Crippen molar-refractivity contribution >= 4 is 0 Å². The molecule has 0 saturated carbocycles. The summed E-state index contributed by atoms with van der Waals surface area (Å²) < 4.78 is 5.49. The number of hydrogen-bond donors (Lipinski definition) is 1. The highest BCUT2D eigenvalue weighted by Crippen LogP contribution is 2.19. The van der Waals surface area contributed by atoms with E-state index in [2.05, 4.69) is 44.0 Å². The molecule has 1 aliphatic rings. The average molecular weight is 239 g/mol. The van der Waals surface area contributed by atoms with Crippen LogP contribution in [0, 0.1) is 11.3 Å². The maximum absolute atomic E-state index is 9.08. The minimum atomic E-state index is -0.0476. The van der Waals surface area contributed by atoms with Gasteiger partial charge in [-0.15, -0.1) is 0 Å². The lowest BCUT2D eigenvalue weighted by Gasteiger charge is -2.42. The van der Waals surface area contributed by atoms with Crippen molar-refractivity contribution in [1.29, 1.82) is 5.26 Å². The van der Waals surface area contributed by atoms with Crippen molar-refractivity contribution in [3.8, 4) is 6.07 Å². The van der Waals surface area contributed by atoms with Crippen molar-refractivity contribution < 1.29 is 4.74 Å². The molecular formula is C13H25N3O. The molecule has 1 N–H and O–H groups in total. The first kappa shape index (κ1) is 14.4. The van der Waals surface area contributed by atoms with Crippen molar-refractivity contribution in [2.75, 3.05) is 26.3 Å². The first-order chi connectivity index (χ1) is 7.95. The number of morpholine rings is 1. The molecular weight excluding hydrogens is 214 g/mol. The van der Waals surface area contributed by atoms with Crippen LogP contribution in [0.1, 0.15) is 34.1 Å². The Bertz CT molecular complexity index is 270. The number of hydrogen-bond acceptors (Lipinski definition) is 4. The summed E-state index contributed by atoms with van der Waals surface area (Å²) in [7, 11) is 0. The number of nitriles is 1. The molecule has 0 radical (unpaired) electrons. The van der Waals surface area contributed by atoms with Gasteiger partial charge in [0, 0.05) is 24.7 Å². The van der Waals surface area contributed by atoms with Crippen LogP contribution in [-0.2, 0) is 4.74 Å². The van der Waals surface area contributed by atoms with E-state index >= 15 is 0 Å². The molecule has 0 aliphatic carbocycles. The lowest BCUT2D eigenvalue weighted by atomic mass is 10.0. The Hall–Kier alpha value is -0.630. The van der Waals surface area contributed by atoms with Gasteiger partial charge in [0.1, 0.15) is 0 Å². The normalized spacial score (nSPS) is 22.4. The number of nitrogens with one attached hydrogen (secondary N) is 1. The van der Waals surface area contributed by atoms with Gasteiger partial charge in [-0.2, -0.15) is 5.26 Å². The van der Waals surface area contributed by atoms with E-state index in [0.29, 0.717) is 6.04 Å². The molecule has 0 aromatic heterocycles. The largest absolute Gasteiger partial charge is 0.378 e. The molecule has 4 nitrogen and oxygen atoms in total. The third-order valence-corrected chi connectivity index (χ3v) is 3.19. The highest BCUT2D eigenvalue weighted by atomic mass is 16.5. The van der Waals surface area contributed by atoms with E-state index in [-0.39, 0.29) is 11.6 Å². The lowest BCUT2D eigenvalue weighted by molar-refractivity contribution is -0.0516. The van der Waals surface area contributed by atoms with Gasteiger partial charge in [0.15, 0.2) is 0 Å². The third-order valence-electron chi connectivity index (χ3n) is 3.19. The van der Waals surface area contributed by atoms with Crippen LogP contribution >= 0.6 is 0 Å². The number of ether oxygens (including phenoxy) is 1.